The Labute approximate surface area is 327 Å². The van der Waals surface area contributed by atoms with Gasteiger partial charge in [-0.05, 0) is 97.3 Å². The largest absolute Gasteiger partial charge is 0.259 e. The van der Waals surface area contributed by atoms with Gasteiger partial charge in [0.1, 0.15) is 11.6 Å². The SMILES string of the molecule is CC1C=CN=C(c2cccc(-c3c(F)c(-c4cccc(-c5ccccn5)n4)c(-c4cccc(-c5ccccn5)n4)c(F)c3-c3cccc(-c4ccccn4)n3)n2)C1. The molecule has 0 saturated heterocycles. The Hall–Kier alpha value is -7.46. The number of rotatable bonds is 8. The third kappa shape index (κ3) is 7.00. The highest BCUT2D eigenvalue weighted by Crippen LogP contribution is 2.46. The summed E-state index contributed by atoms with van der Waals surface area (Å²) in [5, 5.41) is 0. The highest BCUT2D eigenvalue weighted by atomic mass is 19.1. The van der Waals surface area contributed by atoms with Gasteiger partial charge in [-0.1, -0.05) is 55.5 Å². The highest BCUT2D eigenvalue weighted by Gasteiger charge is 2.31. The molecule has 10 heteroatoms. The molecular weight excluding hydrogens is 715 g/mol. The van der Waals surface area contributed by atoms with Gasteiger partial charge >= 0.3 is 0 Å². The van der Waals surface area contributed by atoms with Crippen LogP contribution in [0.25, 0.3) is 79.2 Å². The van der Waals surface area contributed by atoms with Crippen molar-refractivity contribution < 1.29 is 8.78 Å². The maximum Gasteiger partial charge on any atom is 0.143 e. The predicted molar refractivity (Wildman–Crippen MR) is 218 cm³/mol. The van der Waals surface area contributed by atoms with Crippen molar-refractivity contribution in [3.63, 3.8) is 0 Å². The van der Waals surface area contributed by atoms with E-state index in [1.165, 1.54) is 0 Å². The van der Waals surface area contributed by atoms with E-state index >= 15 is 8.78 Å². The summed E-state index contributed by atoms with van der Waals surface area (Å²) in [6.07, 6.45) is 9.41. The van der Waals surface area contributed by atoms with Crippen LogP contribution in [0, 0.1) is 17.6 Å². The summed E-state index contributed by atoms with van der Waals surface area (Å²) >= 11 is 0. The van der Waals surface area contributed by atoms with Gasteiger partial charge < -0.3 is 0 Å². The minimum Gasteiger partial charge on any atom is -0.259 e. The highest BCUT2D eigenvalue weighted by molar-refractivity contribution is 6.01. The van der Waals surface area contributed by atoms with Crippen molar-refractivity contribution >= 4 is 5.71 Å². The first-order valence-electron chi connectivity index (χ1n) is 18.4. The van der Waals surface area contributed by atoms with E-state index in [1.807, 2.05) is 48.5 Å². The Bertz CT molecular complexity index is 2810. The van der Waals surface area contributed by atoms with Gasteiger partial charge in [0.15, 0.2) is 0 Å². The molecule has 8 aromatic rings. The Morgan fingerprint density at radius 1 is 0.404 bits per heavy atom. The predicted octanol–water partition coefficient (Wildman–Crippen LogP) is 10.7. The van der Waals surface area contributed by atoms with Crippen molar-refractivity contribution in [1.82, 2.24) is 34.9 Å². The van der Waals surface area contributed by atoms with Gasteiger partial charge in [0.05, 0.1) is 68.3 Å². The van der Waals surface area contributed by atoms with Crippen molar-refractivity contribution in [2.75, 3.05) is 0 Å². The van der Waals surface area contributed by atoms with Gasteiger partial charge in [0, 0.05) is 47.0 Å². The molecule has 1 aliphatic rings. The van der Waals surface area contributed by atoms with Gasteiger partial charge in [-0.2, -0.15) is 0 Å². The molecule has 7 aromatic heterocycles. The monoisotopic (exact) mass is 746 g/mol. The van der Waals surface area contributed by atoms with Gasteiger partial charge in [-0.25, -0.2) is 28.7 Å². The summed E-state index contributed by atoms with van der Waals surface area (Å²) in [7, 11) is 0. The number of aliphatic imine (C=N–C) groups is 1. The smallest absolute Gasteiger partial charge is 0.143 e. The molecule has 0 saturated carbocycles. The van der Waals surface area contributed by atoms with Crippen LogP contribution in [0.3, 0.4) is 0 Å². The van der Waals surface area contributed by atoms with E-state index in [1.54, 1.807) is 110 Å². The second-order valence-electron chi connectivity index (χ2n) is 13.5. The molecule has 0 bridgehead atoms. The summed E-state index contributed by atoms with van der Waals surface area (Å²) in [6, 6.07) is 37.3. The molecule has 274 valence electrons. The molecule has 0 amide bonds. The Balaban J connectivity index is 1.37. The molecule has 1 unspecified atom stereocenters. The van der Waals surface area contributed by atoms with Crippen LogP contribution < -0.4 is 0 Å². The van der Waals surface area contributed by atoms with Crippen LogP contribution in [0.2, 0.25) is 0 Å². The van der Waals surface area contributed by atoms with Gasteiger partial charge in [0.2, 0.25) is 0 Å². The molecule has 1 aliphatic heterocycles. The lowest BCUT2D eigenvalue weighted by Crippen LogP contribution is -2.11. The number of aromatic nitrogens is 7. The summed E-state index contributed by atoms with van der Waals surface area (Å²) < 4.78 is 36.7. The second kappa shape index (κ2) is 15.3. The summed E-state index contributed by atoms with van der Waals surface area (Å²) in [5.41, 5.74) is 4.94. The van der Waals surface area contributed by atoms with E-state index < -0.39 is 11.6 Å². The van der Waals surface area contributed by atoms with Gasteiger partial charge in [0.25, 0.3) is 0 Å². The van der Waals surface area contributed by atoms with Crippen molar-refractivity contribution in [3.8, 4) is 79.2 Å². The standard InChI is InChI=1S/C47H32F2N8/c1-29-23-27-53-41(28-29)36-18-11-22-40(57-36)45-44(39-21-10-17-35(56-39)32-14-4-7-26-52-32)46(48)42(37-19-8-15-33(54-37)30-12-2-5-24-50-30)43(47(45)49)38-20-9-16-34(55-38)31-13-3-6-25-51-31/h2-27,29H,28H2,1H3. The summed E-state index contributed by atoms with van der Waals surface area (Å²) in [6.45, 7) is 2.09. The number of benzene rings is 1. The molecule has 0 radical (unpaired) electrons. The zero-order valence-corrected chi connectivity index (χ0v) is 30.6. The lowest BCUT2D eigenvalue weighted by atomic mass is 9.88. The average Bonchev–Trinajstić information content (AvgIpc) is 3.28. The van der Waals surface area contributed by atoms with Gasteiger partial charge in [-0.15, -0.1) is 0 Å². The van der Waals surface area contributed by atoms with Crippen molar-refractivity contribution in [1.29, 1.82) is 0 Å². The Morgan fingerprint density at radius 2 is 0.737 bits per heavy atom. The molecule has 1 aromatic carbocycles. The van der Waals surface area contributed by atoms with Crippen LogP contribution in [-0.2, 0) is 0 Å². The number of hydrogen-bond acceptors (Lipinski definition) is 8. The van der Waals surface area contributed by atoms with E-state index in [2.05, 4.69) is 26.9 Å². The van der Waals surface area contributed by atoms with Gasteiger partial charge in [-0.3, -0.25) is 19.9 Å². The lowest BCUT2D eigenvalue weighted by molar-refractivity contribution is 0.610. The maximum absolute atomic E-state index is 18.3. The topological polar surface area (TPSA) is 103 Å². The van der Waals surface area contributed by atoms with Crippen LogP contribution in [0.1, 0.15) is 19.0 Å². The zero-order chi connectivity index (χ0) is 38.7. The third-order valence-electron chi connectivity index (χ3n) is 9.64. The minimum atomic E-state index is -0.749. The number of pyridine rings is 7. The molecule has 0 spiro atoms. The molecule has 0 fully saturated rings. The summed E-state index contributed by atoms with van der Waals surface area (Å²) in [4.78, 5) is 37.7. The molecule has 0 N–H and O–H groups in total. The minimum absolute atomic E-state index is 0.0790. The fourth-order valence-corrected chi connectivity index (χ4v) is 6.95. The fourth-order valence-electron chi connectivity index (χ4n) is 6.95. The Kier molecular flexibility index (Phi) is 9.49. The average molecular weight is 747 g/mol. The van der Waals surface area contributed by atoms with Crippen LogP contribution in [-0.4, -0.2) is 40.6 Å². The first kappa shape index (κ1) is 35.3. The molecule has 9 rings (SSSR count). The summed E-state index contributed by atoms with van der Waals surface area (Å²) in [5.74, 6) is -1.25. The zero-order valence-electron chi connectivity index (χ0n) is 30.6. The number of hydrogen-bond donors (Lipinski definition) is 0. The lowest BCUT2D eigenvalue weighted by Gasteiger charge is -2.21. The van der Waals surface area contributed by atoms with E-state index in [-0.39, 0.29) is 50.9 Å². The second-order valence-corrected chi connectivity index (χ2v) is 13.5. The van der Waals surface area contributed by atoms with Crippen LogP contribution in [0.5, 0.6) is 0 Å². The first-order chi connectivity index (χ1) is 28.0. The third-order valence-corrected chi connectivity index (χ3v) is 9.64. The molecule has 57 heavy (non-hydrogen) atoms. The molecule has 8 heterocycles. The quantitative estimate of drug-likeness (QED) is 0.152. The van der Waals surface area contributed by atoms with E-state index in [9.17, 15) is 0 Å². The van der Waals surface area contributed by atoms with E-state index in [0.717, 1.165) is 5.71 Å². The number of nitrogens with zero attached hydrogens (tertiary/aromatic N) is 8. The number of halogens is 2. The van der Waals surface area contributed by atoms with Crippen molar-refractivity contribution in [2.24, 2.45) is 10.9 Å². The first-order valence-corrected chi connectivity index (χ1v) is 18.4. The molecule has 0 aliphatic carbocycles. The van der Waals surface area contributed by atoms with Crippen LogP contribution in [0.15, 0.2) is 163 Å². The molecular formula is C47H32F2N8. The van der Waals surface area contributed by atoms with E-state index in [4.69, 9.17) is 19.9 Å². The normalized spacial score (nSPS) is 13.7. The van der Waals surface area contributed by atoms with E-state index in [0.29, 0.717) is 46.3 Å². The van der Waals surface area contributed by atoms with Crippen molar-refractivity contribution in [3.05, 3.63) is 176 Å². The Morgan fingerprint density at radius 3 is 1.09 bits per heavy atom. The molecule has 1 atom stereocenters. The number of allylic oxidation sites excluding steroid dienone is 1. The fraction of sp³-hybridized carbons (Fsp3) is 0.0638. The van der Waals surface area contributed by atoms with Crippen LogP contribution in [0.4, 0.5) is 8.78 Å². The molecule has 8 nitrogen and oxygen atoms in total. The van der Waals surface area contributed by atoms with Crippen molar-refractivity contribution in [2.45, 2.75) is 13.3 Å². The maximum atomic E-state index is 18.3. The van der Waals surface area contributed by atoms with Crippen LogP contribution >= 0.6 is 0 Å².